The molecule has 0 N–H and O–H groups in total. The summed E-state index contributed by atoms with van der Waals surface area (Å²) in [4.78, 5) is 0. The minimum absolute atomic E-state index is 0.129. The summed E-state index contributed by atoms with van der Waals surface area (Å²) in [5.74, 6) is 0. The molecule has 2 aromatic rings. The maximum Gasteiger partial charge on any atom is 0.0415 e. The second-order valence-corrected chi connectivity index (χ2v) is 5.36. The second kappa shape index (κ2) is 3.53. The van der Waals surface area contributed by atoms with Gasteiger partial charge in [0.2, 0.25) is 0 Å². The van der Waals surface area contributed by atoms with Gasteiger partial charge in [-0.1, -0.05) is 56.6 Å². The van der Waals surface area contributed by atoms with E-state index in [1.165, 1.54) is 16.3 Å². The minimum Gasteiger partial charge on any atom is -0.0843 e. The SMILES string of the molecule is CC(C)(C)c1cc(Cl)cc2ccccc12. The van der Waals surface area contributed by atoms with Gasteiger partial charge in [0, 0.05) is 5.02 Å². The average molecular weight is 219 g/mol. The summed E-state index contributed by atoms with van der Waals surface area (Å²) in [5, 5.41) is 3.34. The van der Waals surface area contributed by atoms with Gasteiger partial charge < -0.3 is 0 Å². The lowest BCUT2D eigenvalue weighted by molar-refractivity contribution is 0.596. The van der Waals surface area contributed by atoms with Crippen LogP contribution in [0.2, 0.25) is 5.02 Å². The Balaban J connectivity index is 2.83. The number of hydrogen-bond acceptors (Lipinski definition) is 0. The molecule has 0 bridgehead atoms. The molecule has 78 valence electrons. The maximum atomic E-state index is 6.13. The van der Waals surface area contributed by atoms with Gasteiger partial charge in [-0.15, -0.1) is 0 Å². The zero-order chi connectivity index (χ0) is 11.1. The summed E-state index contributed by atoms with van der Waals surface area (Å²) >= 11 is 6.13. The Morgan fingerprint density at radius 3 is 2.33 bits per heavy atom. The zero-order valence-electron chi connectivity index (χ0n) is 9.34. The van der Waals surface area contributed by atoms with Crippen LogP contribution < -0.4 is 0 Å². The fourth-order valence-electron chi connectivity index (χ4n) is 1.89. The molecular formula is C14H15Cl. The summed E-state index contributed by atoms with van der Waals surface area (Å²) in [7, 11) is 0. The third-order valence-corrected chi connectivity index (χ3v) is 2.85. The van der Waals surface area contributed by atoms with Gasteiger partial charge in [-0.05, 0) is 33.9 Å². The first-order valence-corrected chi connectivity index (χ1v) is 5.55. The van der Waals surface area contributed by atoms with E-state index in [2.05, 4.69) is 45.0 Å². The van der Waals surface area contributed by atoms with Crippen molar-refractivity contribution >= 4 is 22.4 Å². The lowest BCUT2D eigenvalue weighted by Crippen LogP contribution is -2.11. The third-order valence-electron chi connectivity index (χ3n) is 2.63. The van der Waals surface area contributed by atoms with Crippen LogP contribution in [0.3, 0.4) is 0 Å². The van der Waals surface area contributed by atoms with Crippen molar-refractivity contribution in [3.63, 3.8) is 0 Å². The van der Waals surface area contributed by atoms with Crippen molar-refractivity contribution in [2.24, 2.45) is 0 Å². The van der Waals surface area contributed by atoms with Crippen molar-refractivity contribution in [2.45, 2.75) is 26.2 Å². The van der Waals surface area contributed by atoms with Crippen molar-refractivity contribution in [3.8, 4) is 0 Å². The van der Waals surface area contributed by atoms with Gasteiger partial charge in [-0.3, -0.25) is 0 Å². The highest BCUT2D eigenvalue weighted by atomic mass is 35.5. The van der Waals surface area contributed by atoms with E-state index in [1.54, 1.807) is 0 Å². The van der Waals surface area contributed by atoms with Crippen molar-refractivity contribution in [1.82, 2.24) is 0 Å². The van der Waals surface area contributed by atoms with Crippen LogP contribution in [0.1, 0.15) is 26.3 Å². The molecule has 15 heavy (non-hydrogen) atoms. The van der Waals surface area contributed by atoms with E-state index in [-0.39, 0.29) is 5.41 Å². The molecule has 0 spiro atoms. The van der Waals surface area contributed by atoms with Crippen LogP contribution in [0.4, 0.5) is 0 Å². The Morgan fingerprint density at radius 2 is 1.67 bits per heavy atom. The fourth-order valence-corrected chi connectivity index (χ4v) is 2.12. The molecule has 2 aromatic carbocycles. The van der Waals surface area contributed by atoms with Gasteiger partial charge in [0.05, 0.1) is 0 Å². The normalized spacial score (nSPS) is 12.0. The van der Waals surface area contributed by atoms with Crippen LogP contribution >= 0.6 is 11.6 Å². The summed E-state index contributed by atoms with van der Waals surface area (Å²) in [6.07, 6.45) is 0. The lowest BCUT2D eigenvalue weighted by Gasteiger charge is -2.21. The summed E-state index contributed by atoms with van der Waals surface area (Å²) < 4.78 is 0. The van der Waals surface area contributed by atoms with E-state index in [0.29, 0.717) is 0 Å². The van der Waals surface area contributed by atoms with E-state index < -0.39 is 0 Å². The molecule has 0 atom stereocenters. The first kappa shape index (κ1) is 10.5. The zero-order valence-corrected chi connectivity index (χ0v) is 10.1. The Bertz CT molecular complexity index is 492. The van der Waals surface area contributed by atoms with Gasteiger partial charge in [0.1, 0.15) is 0 Å². The first-order chi connectivity index (χ1) is 6.98. The molecule has 0 saturated heterocycles. The first-order valence-electron chi connectivity index (χ1n) is 5.17. The van der Waals surface area contributed by atoms with E-state index in [9.17, 15) is 0 Å². The molecule has 0 unspecified atom stereocenters. The van der Waals surface area contributed by atoms with Gasteiger partial charge in [0.25, 0.3) is 0 Å². The Morgan fingerprint density at radius 1 is 1.00 bits per heavy atom. The molecule has 0 aliphatic rings. The van der Waals surface area contributed by atoms with Crippen LogP contribution in [-0.4, -0.2) is 0 Å². The molecule has 0 amide bonds. The number of benzene rings is 2. The predicted molar refractivity (Wildman–Crippen MR) is 67.7 cm³/mol. The largest absolute Gasteiger partial charge is 0.0843 e. The van der Waals surface area contributed by atoms with E-state index in [0.717, 1.165) is 5.02 Å². The maximum absolute atomic E-state index is 6.13. The molecule has 0 saturated carbocycles. The van der Waals surface area contributed by atoms with Gasteiger partial charge in [-0.2, -0.15) is 0 Å². The van der Waals surface area contributed by atoms with E-state index in [4.69, 9.17) is 11.6 Å². The summed E-state index contributed by atoms with van der Waals surface area (Å²) in [5.41, 5.74) is 1.44. The van der Waals surface area contributed by atoms with Crippen molar-refractivity contribution in [2.75, 3.05) is 0 Å². The number of fused-ring (bicyclic) bond motifs is 1. The summed E-state index contributed by atoms with van der Waals surface area (Å²) in [6, 6.07) is 12.5. The fraction of sp³-hybridized carbons (Fsp3) is 0.286. The molecule has 0 aliphatic heterocycles. The van der Waals surface area contributed by atoms with Gasteiger partial charge in [-0.25, -0.2) is 0 Å². The van der Waals surface area contributed by atoms with E-state index >= 15 is 0 Å². The molecule has 0 nitrogen and oxygen atoms in total. The topological polar surface area (TPSA) is 0 Å². The monoisotopic (exact) mass is 218 g/mol. The van der Waals surface area contributed by atoms with Crippen molar-refractivity contribution < 1.29 is 0 Å². The van der Waals surface area contributed by atoms with Crippen molar-refractivity contribution in [1.29, 1.82) is 0 Å². The Hall–Kier alpha value is -1.01. The molecule has 0 aromatic heterocycles. The number of rotatable bonds is 0. The van der Waals surface area contributed by atoms with Crippen molar-refractivity contribution in [3.05, 3.63) is 47.0 Å². The molecule has 0 aliphatic carbocycles. The molecule has 0 fully saturated rings. The highest BCUT2D eigenvalue weighted by molar-refractivity contribution is 6.31. The number of halogens is 1. The Kier molecular flexibility index (Phi) is 2.47. The summed E-state index contributed by atoms with van der Waals surface area (Å²) in [6.45, 7) is 6.64. The standard InChI is InChI=1S/C14H15Cl/c1-14(2,3)13-9-11(15)8-10-6-4-5-7-12(10)13/h4-9H,1-3H3. The average Bonchev–Trinajstić information content (AvgIpc) is 2.15. The predicted octanol–water partition coefficient (Wildman–Crippen LogP) is 4.79. The molecule has 2 rings (SSSR count). The van der Waals surface area contributed by atoms with Crippen LogP contribution in [0.25, 0.3) is 10.8 Å². The molecule has 0 heterocycles. The molecular weight excluding hydrogens is 204 g/mol. The van der Waals surface area contributed by atoms with Crippen LogP contribution in [0.5, 0.6) is 0 Å². The molecule has 1 heteroatoms. The van der Waals surface area contributed by atoms with Crippen LogP contribution in [0.15, 0.2) is 36.4 Å². The highest BCUT2D eigenvalue weighted by Gasteiger charge is 2.17. The minimum atomic E-state index is 0.129. The third kappa shape index (κ3) is 2.00. The smallest absolute Gasteiger partial charge is 0.0415 e. The van der Waals surface area contributed by atoms with E-state index in [1.807, 2.05) is 12.1 Å². The van der Waals surface area contributed by atoms with Crippen LogP contribution in [0, 0.1) is 0 Å². The van der Waals surface area contributed by atoms with Gasteiger partial charge in [0.15, 0.2) is 0 Å². The van der Waals surface area contributed by atoms with Crippen LogP contribution in [-0.2, 0) is 5.41 Å². The molecule has 0 radical (unpaired) electrons. The number of hydrogen-bond donors (Lipinski definition) is 0. The quantitative estimate of drug-likeness (QED) is 0.597. The van der Waals surface area contributed by atoms with Gasteiger partial charge >= 0.3 is 0 Å². The highest BCUT2D eigenvalue weighted by Crippen LogP contribution is 2.32. The Labute approximate surface area is 95.9 Å². The second-order valence-electron chi connectivity index (χ2n) is 4.92. The lowest BCUT2D eigenvalue weighted by atomic mass is 9.84.